The number of thioether (sulfide) groups is 1. The van der Waals surface area contributed by atoms with Crippen molar-refractivity contribution in [2.45, 2.75) is 63.4 Å². The summed E-state index contributed by atoms with van der Waals surface area (Å²) in [6.07, 6.45) is 0.915. The van der Waals surface area contributed by atoms with E-state index in [1.807, 2.05) is 23.9 Å². The molecule has 0 amide bonds. The average Bonchev–Trinajstić information content (AvgIpc) is 3.10. The van der Waals surface area contributed by atoms with E-state index in [1.165, 1.54) is 22.3 Å². The van der Waals surface area contributed by atoms with Gasteiger partial charge in [-0.1, -0.05) is 58.0 Å². The minimum atomic E-state index is -1.91. The zero-order valence-corrected chi connectivity index (χ0v) is 19.7. The Hall–Kier alpha value is -1.47. The topological polar surface area (TPSA) is 52.9 Å². The van der Waals surface area contributed by atoms with E-state index in [4.69, 9.17) is 4.99 Å². The molecule has 160 valence electrons. The van der Waals surface area contributed by atoms with Gasteiger partial charge < -0.3 is 4.55 Å². The summed E-state index contributed by atoms with van der Waals surface area (Å²) in [5.41, 5.74) is 5.16. The maximum Gasteiger partial charge on any atom is 0.186 e. The molecule has 0 spiro atoms. The number of aliphatic imine (C=N–C) groups is 1. The number of benzene rings is 2. The standard InChI is InChI=1S/C24H30N2O2S2/c1-16-22(24(2,3)4)25-23(29-16)18-7-5-17(6-8-18)14-26-12-11-19-13-21(30(27)28)10-9-20(19)15-26/h5-10,13,16,22H,11-12,14-15H2,1-4H3,(H,27,28). The molecule has 0 aliphatic carbocycles. The molecule has 6 heteroatoms. The van der Waals surface area contributed by atoms with Gasteiger partial charge in [0.1, 0.15) is 0 Å². The van der Waals surface area contributed by atoms with Crippen LogP contribution in [0.4, 0.5) is 0 Å². The molecule has 0 saturated heterocycles. The number of hydrogen-bond donors (Lipinski definition) is 1. The van der Waals surface area contributed by atoms with E-state index in [0.717, 1.165) is 31.1 Å². The molecule has 1 N–H and O–H groups in total. The molecule has 2 aliphatic heterocycles. The summed E-state index contributed by atoms with van der Waals surface area (Å²) >= 11 is -0.0150. The molecule has 3 unspecified atom stereocenters. The summed E-state index contributed by atoms with van der Waals surface area (Å²) in [6, 6.07) is 14.9. The number of hydrogen-bond acceptors (Lipinski definition) is 4. The maximum atomic E-state index is 11.3. The molecular weight excluding hydrogens is 412 g/mol. The first kappa shape index (κ1) is 21.8. The third-order valence-corrected chi connectivity index (χ3v) is 7.81. The van der Waals surface area contributed by atoms with Crippen LogP contribution >= 0.6 is 11.8 Å². The van der Waals surface area contributed by atoms with Crippen LogP contribution in [-0.4, -0.2) is 36.5 Å². The lowest BCUT2D eigenvalue weighted by molar-refractivity contribution is 0.245. The third kappa shape index (κ3) is 4.72. The van der Waals surface area contributed by atoms with Crippen molar-refractivity contribution in [1.29, 1.82) is 0 Å². The van der Waals surface area contributed by atoms with Crippen molar-refractivity contribution < 1.29 is 8.76 Å². The van der Waals surface area contributed by atoms with Crippen LogP contribution in [0.25, 0.3) is 0 Å². The van der Waals surface area contributed by atoms with Crippen LogP contribution in [0.3, 0.4) is 0 Å². The van der Waals surface area contributed by atoms with Crippen LogP contribution in [0.2, 0.25) is 0 Å². The molecule has 0 bridgehead atoms. The fourth-order valence-corrected chi connectivity index (χ4v) is 6.21. The summed E-state index contributed by atoms with van der Waals surface area (Å²) in [7, 11) is 0. The first-order chi connectivity index (χ1) is 14.2. The molecule has 2 aromatic carbocycles. The van der Waals surface area contributed by atoms with Crippen molar-refractivity contribution in [2.24, 2.45) is 10.4 Å². The Morgan fingerprint density at radius 2 is 1.90 bits per heavy atom. The molecule has 0 aromatic heterocycles. The molecule has 0 radical (unpaired) electrons. The number of nitrogens with zero attached hydrogens (tertiary/aromatic N) is 2. The summed E-state index contributed by atoms with van der Waals surface area (Å²) in [6.45, 7) is 11.8. The Morgan fingerprint density at radius 3 is 2.53 bits per heavy atom. The second kappa shape index (κ2) is 8.58. The third-order valence-electron chi connectivity index (χ3n) is 5.96. The molecule has 2 aromatic rings. The van der Waals surface area contributed by atoms with Gasteiger partial charge in [0.25, 0.3) is 0 Å². The van der Waals surface area contributed by atoms with Gasteiger partial charge in [-0.05, 0) is 40.7 Å². The molecule has 2 heterocycles. The molecule has 2 aliphatic rings. The van der Waals surface area contributed by atoms with Crippen molar-refractivity contribution in [3.05, 3.63) is 64.7 Å². The van der Waals surface area contributed by atoms with Crippen LogP contribution in [0, 0.1) is 5.41 Å². The van der Waals surface area contributed by atoms with Crippen molar-refractivity contribution in [1.82, 2.24) is 4.90 Å². The fourth-order valence-electron chi connectivity index (χ4n) is 4.38. The lowest BCUT2D eigenvalue weighted by atomic mass is 9.85. The second-order valence-corrected chi connectivity index (χ2v) is 11.7. The van der Waals surface area contributed by atoms with E-state index in [2.05, 4.69) is 56.9 Å². The van der Waals surface area contributed by atoms with Crippen molar-refractivity contribution in [3.63, 3.8) is 0 Å². The monoisotopic (exact) mass is 442 g/mol. The van der Waals surface area contributed by atoms with Gasteiger partial charge >= 0.3 is 0 Å². The molecule has 0 fully saturated rings. The molecule has 3 atom stereocenters. The predicted molar refractivity (Wildman–Crippen MR) is 127 cm³/mol. The van der Waals surface area contributed by atoms with E-state index in [0.29, 0.717) is 16.2 Å². The van der Waals surface area contributed by atoms with Gasteiger partial charge in [-0.2, -0.15) is 0 Å². The summed E-state index contributed by atoms with van der Waals surface area (Å²) < 4.78 is 20.6. The van der Waals surface area contributed by atoms with E-state index >= 15 is 0 Å². The normalized spacial score (nSPS) is 23.2. The van der Waals surface area contributed by atoms with Gasteiger partial charge in [0, 0.05) is 30.4 Å². The Labute approximate surface area is 186 Å². The van der Waals surface area contributed by atoms with E-state index in [1.54, 1.807) is 6.07 Å². The second-order valence-electron chi connectivity index (χ2n) is 9.41. The number of fused-ring (bicyclic) bond motifs is 1. The van der Waals surface area contributed by atoms with Gasteiger partial charge in [-0.15, -0.1) is 11.8 Å². The van der Waals surface area contributed by atoms with E-state index < -0.39 is 11.1 Å². The van der Waals surface area contributed by atoms with Crippen molar-refractivity contribution >= 4 is 27.9 Å². The Kier molecular flexibility index (Phi) is 6.22. The highest BCUT2D eigenvalue weighted by atomic mass is 32.2. The predicted octanol–water partition coefficient (Wildman–Crippen LogP) is 5.12. The SMILES string of the molecule is CC1SC(c2ccc(CN3CCc4cc(S(=O)O)ccc4C3)cc2)=NC1C(C)(C)C. The highest BCUT2D eigenvalue weighted by Gasteiger charge is 2.35. The zero-order valence-electron chi connectivity index (χ0n) is 18.1. The van der Waals surface area contributed by atoms with Gasteiger partial charge in [-0.3, -0.25) is 9.89 Å². The van der Waals surface area contributed by atoms with Crippen LogP contribution < -0.4 is 0 Å². The van der Waals surface area contributed by atoms with Gasteiger partial charge in [0.15, 0.2) is 11.1 Å². The lowest BCUT2D eigenvalue weighted by Crippen LogP contribution is -2.30. The smallest absolute Gasteiger partial charge is 0.186 e. The van der Waals surface area contributed by atoms with Gasteiger partial charge in [0.2, 0.25) is 0 Å². The largest absolute Gasteiger partial charge is 0.302 e. The highest BCUT2D eigenvalue weighted by molar-refractivity contribution is 8.15. The van der Waals surface area contributed by atoms with E-state index in [-0.39, 0.29) is 5.41 Å². The first-order valence-electron chi connectivity index (χ1n) is 10.5. The van der Waals surface area contributed by atoms with Crippen LogP contribution in [0.15, 0.2) is 52.4 Å². The fraction of sp³-hybridized carbons (Fsp3) is 0.458. The lowest BCUT2D eigenvalue weighted by Gasteiger charge is -2.29. The maximum absolute atomic E-state index is 11.3. The number of rotatable bonds is 4. The Bertz CT molecular complexity index is 980. The van der Waals surface area contributed by atoms with Crippen molar-refractivity contribution in [3.8, 4) is 0 Å². The van der Waals surface area contributed by atoms with Crippen LogP contribution in [-0.2, 0) is 30.6 Å². The molecule has 30 heavy (non-hydrogen) atoms. The molecule has 4 rings (SSSR count). The minimum Gasteiger partial charge on any atom is -0.302 e. The van der Waals surface area contributed by atoms with Crippen LogP contribution in [0.1, 0.15) is 49.9 Å². The Balaban J connectivity index is 1.42. The van der Waals surface area contributed by atoms with Gasteiger partial charge in [0.05, 0.1) is 16.0 Å². The van der Waals surface area contributed by atoms with Crippen molar-refractivity contribution in [2.75, 3.05) is 6.54 Å². The average molecular weight is 443 g/mol. The first-order valence-corrected chi connectivity index (χ1v) is 12.5. The zero-order chi connectivity index (χ0) is 21.5. The minimum absolute atomic E-state index is 0.186. The highest BCUT2D eigenvalue weighted by Crippen LogP contribution is 2.39. The van der Waals surface area contributed by atoms with E-state index in [9.17, 15) is 8.76 Å². The Morgan fingerprint density at radius 1 is 1.17 bits per heavy atom. The summed E-state index contributed by atoms with van der Waals surface area (Å²) in [5.74, 6) is 0. The summed E-state index contributed by atoms with van der Waals surface area (Å²) in [4.78, 5) is 7.96. The summed E-state index contributed by atoms with van der Waals surface area (Å²) in [5, 5.41) is 1.68. The molecule has 4 nitrogen and oxygen atoms in total. The quantitative estimate of drug-likeness (QED) is 0.668. The van der Waals surface area contributed by atoms with Gasteiger partial charge in [-0.25, -0.2) is 4.21 Å². The molecular formula is C24H30N2O2S2. The molecule has 0 saturated carbocycles. The van der Waals surface area contributed by atoms with Crippen LogP contribution in [0.5, 0.6) is 0 Å².